The number of esters is 1. The quantitative estimate of drug-likeness (QED) is 0.270. The van der Waals surface area contributed by atoms with Crippen molar-refractivity contribution >= 4 is 35.0 Å². The van der Waals surface area contributed by atoms with Crippen molar-refractivity contribution in [2.24, 2.45) is 0 Å². The molecule has 7 heteroatoms. The number of ether oxygens (including phenoxy) is 2. The summed E-state index contributed by atoms with van der Waals surface area (Å²) in [6.45, 7) is 2.27. The monoisotopic (exact) mass is 459 g/mol. The predicted octanol–water partition coefficient (Wildman–Crippen LogP) is 5.33. The lowest BCUT2D eigenvalue weighted by atomic mass is 10.1. The Labute approximate surface area is 195 Å². The average molecular weight is 460 g/mol. The molecule has 0 aromatic heterocycles. The number of carbonyl (C=O) groups is 3. The van der Waals surface area contributed by atoms with Gasteiger partial charge in [0.2, 0.25) is 0 Å². The molecule has 0 unspecified atom stereocenters. The minimum absolute atomic E-state index is 0.140. The number of rotatable bonds is 7. The second kappa shape index (κ2) is 10.2. The first kappa shape index (κ1) is 22.4. The van der Waals surface area contributed by atoms with Crippen LogP contribution in [0.2, 0.25) is 0 Å². The lowest BCUT2D eigenvalue weighted by molar-refractivity contribution is -0.123. The highest BCUT2D eigenvalue weighted by molar-refractivity contribution is 8.18. The van der Waals surface area contributed by atoms with Crippen molar-refractivity contribution in [2.75, 3.05) is 13.2 Å². The van der Waals surface area contributed by atoms with Gasteiger partial charge in [0.25, 0.3) is 11.1 Å². The molecule has 4 rings (SSSR count). The van der Waals surface area contributed by atoms with E-state index >= 15 is 0 Å². The van der Waals surface area contributed by atoms with Gasteiger partial charge in [0.05, 0.1) is 17.0 Å². The van der Waals surface area contributed by atoms with Crippen molar-refractivity contribution in [2.45, 2.75) is 6.92 Å². The van der Waals surface area contributed by atoms with Crippen molar-refractivity contribution in [3.05, 3.63) is 100 Å². The van der Waals surface area contributed by atoms with Crippen LogP contribution in [0.3, 0.4) is 0 Å². The third kappa shape index (κ3) is 5.51. The smallest absolute Gasteiger partial charge is 0.343 e. The number of thioether (sulfide) groups is 1. The standard InChI is InChI=1S/C26H21NO5S/c1-18-11-13-19(14-12-18)25(29)32-22-10-6-5-7-20(22)17-23-24(28)27(26(30)33-23)15-16-31-21-8-3-2-4-9-21/h2-14,17H,15-16H2,1H3/b23-17-. The maximum atomic E-state index is 12.8. The molecular formula is C26H21NO5S. The van der Waals surface area contributed by atoms with Crippen LogP contribution in [-0.2, 0) is 4.79 Å². The lowest BCUT2D eigenvalue weighted by Gasteiger charge is -2.13. The number of benzene rings is 3. The van der Waals surface area contributed by atoms with Gasteiger partial charge in [0.15, 0.2) is 0 Å². The number of amides is 2. The molecule has 3 aromatic rings. The van der Waals surface area contributed by atoms with Crippen LogP contribution in [0.4, 0.5) is 4.79 Å². The fourth-order valence-corrected chi connectivity index (χ4v) is 4.00. The van der Waals surface area contributed by atoms with Gasteiger partial charge in [-0.2, -0.15) is 0 Å². The molecule has 3 aromatic carbocycles. The van der Waals surface area contributed by atoms with Crippen LogP contribution in [0.25, 0.3) is 6.08 Å². The second-order valence-electron chi connectivity index (χ2n) is 7.29. The van der Waals surface area contributed by atoms with E-state index in [1.54, 1.807) is 42.5 Å². The number of imide groups is 1. The Bertz CT molecular complexity index is 1200. The van der Waals surface area contributed by atoms with Crippen LogP contribution < -0.4 is 9.47 Å². The Balaban J connectivity index is 1.45. The first-order chi connectivity index (χ1) is 16.0. The van der Waals surface area contributed by atoms with E-state index in [1.165, 1.54) is 0 Å². The summed E-state index contributed by atoms with van der Waals surface area (Å²) in [6, 6.07) is 23.1. The summed E-state index contributed by atoms with van der Waals surface area (Å²) in [7, 11) is 0. The van der Waals surface area contributed by atoms with Gasteiger partial charge in [-0.1, -0.05) is 54.1 Å². The summed E-state index contributed by atoms with van der Waals surface area (Å²) in [5.74, 6) is 0.0787. The molecule has 33 heavy (non-hydrogen) atoms. The van der Waals surface area contributed by atoms with E-state index in [2.05, 4.69) is 0 Å². The predicted molar refractivity (Wildman–Crippen MR) is 127 cm³/mol. The number of nitrogens with zero attached hydrogens (tertiary/aromatic N) is 1. The number of carbonyl (C=O) groups excluding carboxylic acids is 3. The van der Waals surface area contributed by atoms with E-state index in [9.17, 15) is 14.4 Å². The minimum Gasteiger partial charge on any atom is -0.492 e. The highest BCUT2D eigenvalue weighted by atomic mass is 32.2. The second-order valence-corrected chi connectivity index (χ2v) is 8.28. The zero-order valence-electron chi connectivity index (χ0n) is 17.9. The third-order valence-electron chi connectivity index (χ3n) is 4.90. The molecule has 0 radical (unpaired) electrons. The topological polar surface area (TPSA) is 72.9 Å². The Morgan fingerprint density at radius 1 is 0.939 bits per heavy atom. The molecule has 1 aliphatic heterocycles. The molecule has 1 fully saturated rings. The zero-order valence-corrected chi connectivity index (χ0v) is 18.7. The summed E-state index contributed by atoms with van der Waals surface area (Å²) >= 11 is 0.851. The molecular weight excluding hydrogens is 438 g/mol. The van der Waals surface area contributed by atoms with Crippen LogP contribution in [0.15, 0.2) is 83.8 Å². The van der Waals surface area contributed by atoms with Crippen LogP contribution in [0, 0.1) is 6.92 Å². The highest BCUT2D eigenvalue weighted by Crippen LogP contribution is 2.34. The fourth-order valence-electron chi connectivity index (χ4n) is 3.15. The zero-order chi connectivity index (χ0) is 23.2. The van der Waals surface area contributed by atoms with Crippen molar-refractivity contribution in [3.63, 3.8) is 0 Å². The number of hydrogen-bond donors (Lipinski definition) is 0. The largest absolute Gasteiger partial charge is 0.492 e. The van der Waals surface area contributed by atoms with Gasteiger partial charge in [-0.25, -0.2) is 4.79 Å². The van der Waals surface area contributed by atoms with E-state index in [0.29, 0.717) is 22.6 Å². The summed E-state index contributed by atoms with van der Waals surface area (Å²) in [4.78, 5) is 39.1. The van der Waals surface area contributed by atoms with Crippen LogP contribution >= 0.6 is 11.8 Å². The summed E-state index contributed by atoms with van der Waals surface area (Å²) < 4.78 is 11.2. The first-order valence-corrected chi connectivity index (χ1v) is 11.1. The average Bonchev–Trinajstić information content (AvgIpc) is 3.09. The Morgan fingerprint density at radius 2 is 1.64 bits per heavy atom. The Morgan fingerprint density at radius 3 is 2.39 bits per heavy atom. The summed E-state index contributed by atoms with van der Waals surface area (Å²) in [5, 5.41) is -0.364. The van der Waals surface area contributed by atoms with E-state index in [4.69, 9.17) is 9.47 Å². The Hall–Kier alpha value is -3.84. The van der Waals surface area contributed by atoms with Crippen LogP contribution in [0.5, 0.6) is 11.5 Å². The molecule has 166 valence electrons. The van der Waals surface area contributed by atoms with Gasteiger partial charge < -0.3 is 9.47 Å². The molecule has 0 aliphatic carbocycles. The van der Waals surface area contributed by atoms with Crippen molar-refractivity contribution < 1.29 is 23.9 Å². The maximum absolute atomic E-state index is 12.8. The minimum atomic E-state index is -0.498. The van der Waals surface area contributed by atoms with E-state index in [0.717, 1.165) is 22.2 Å². The van der Waals surface area contributed by atoms with Crippen molar-refractivity contribution in [1.82, 2.24) is 4.90 Å². The third-order valence-corrected chi connectivity index (χ3v) is 5.80. The van der Waals surface area contributed by atoms with Crippen molar-refractivity contribution in [3.8, 4) is 11.5 Å². The van der Waals surface area contributed by atoms with E-state index in [-0.39, 0.29) is 23.3 Å². The van der Waals surface area contributed by atoms with Crippen LogP contribution in [0.1, 0.15) is 21.5 Å². The number of aryl methyl sites for hydroxylation is 1. The van der Waals surface area contributed by atoms with Crippen molar-refractivity contribution in [1.29, 1.82) is 0 Å². The van der Waals surface area contributed by atoms with E-state index in [1.807, 2.05) is 49.4 Å². The highest BCUT2D eigenvalue weighted by Gasteiger charge is 2.35. The van der Waals surface area contributed by atoms with Gasteiger partial charge in [0, 0.05) is 5.56 Å². The number of para-hydroxylation sites is 2. The molecule has 0 atom stereocenters. The molecule has 1 saturated heterocycles. The fraction of sp³-hybridized carbons (Fsp3) is 0.115. The first-order valence-electron chi connectivity index (χ1n) is 10.3. The van der Waals surface area contributed by atoms with Gasteiger partial charge in [0.1, 0.15) is 18.1 Å². The lowest BCUT2D eigenvalue weighted by Crippen LogP contribution is -2.32. The van der Waals surface area contributed by atoms with Gasteiger partial charge in [-0.05, 0) is 55.1 Å². The normalized spacial score (nSPS) is 14.6. The van der Waals surface area contributed by atoms with Gasteiger partial charge >= 0.3 is 5.97 Å². The summed E-state index contributed by atoms with van der Waals surface area (Å²) in [6.07, 6.45) is 1.57. The van der Waals surface area contributed by atoms with Gasteiger partial charge in [-0.3, -0.25) is 14.5 Å². The molecule has 2 amide bonds. The van der Waals surface area contributed by atoms with Crippen LogP contribution in [-0.4, -0.2) is 35.2 Å². The number of hydrogen-bond acceptors (Lipinski definition) is 6. The Kier molecular flexibility index (Phi) is 6.90. The molecule has 0 spiro atoms. The van der Waals surface area contributed by atoms with Gasteiger partial charge in [-0.15, -0.1) is 0 Å². The molecule has 0 saturated carbocycles. The molecule has 1 aliphatic rings. The SMILES string of the molecule is Cc1ccc(C(=O)Oc2ccccc2/C=C2\SC(=O)N(CCOc3ccccc3)C2=O)cc1. The summed E-state index contributed by atoms with van der Waals surface area (Å²) in [5.41, 5.74) is 2.00. The molecule has 1 heterocycles. The van der Waals surface area contributed by atoms with E-state index < -0.39 is 11.9 Å². The maximum Gasteiger partial charge on any atom is 0.343 e. The molecule has 0 bridgehead atoms. The molecule has 0 N–H and O–H groups in total. The molecule has 6 nitrogen and oxygen atoms in total.